The van der Waals surface area contributed by atoms with Gasteiger partial charge in [-0.05, 0) is 32.4 Å². The summed E-state index contributed by atoms with van der Waals surface area (Å²) < 4.78 is 5.52. The van der Waals surface area contributed by atoms with Crippen molar-refractivity contribution in [3.8, 4) is 5.88 Å². The van der Waals surface area contributed by atoms with Gasteiger partial charge in [0, 0.05) is 18.8 Å². The van der Waals surface area contributed by atoms with Crippen molar-refractivity contribution < 1.29 is 4.74 Å². The molecule has 1 aromatic heterocycles. The fourth-order valence-corrected chi connectivity index (χ4v) is 1.47. The molecule has 0 fully saturated rings. The minimum atomic E-state index is 0.130. The lowest BCUT2D eigenvalue weighted by atomic mass is 10.2. The molecule has 1 aromatic rings. The number of hydrogen-bond acceptors (Lipinski definition) is 3. The van der Waals surface area contributed by atoms with E-state index in [1.165, 1.54) is 0 Å². The van der Waals surface area contributed by atoms with E-state index in [2.05, 4.69) is 17.2 Å². The highest BCUT2D eigenvalue weighted by Crippen LogP contribution is 2.19. The fourth-order valence-electron chi connectivity index (χ4n) is 1.30. The summed E-state index contributed by atoms with van der Waals surface area (Å²) in [6.45, 7) is 7.83. The molecule has 1 N–H and O–H groups in total. The van der Waals surface area contributed by atoms with Crippen LogP contribution in [-0.2, 0) is 6.54 Å². The molecule has 0 amide bonds. The molecule has 0 saturated carbocycles. The molecule has 0 radical (unpaired) electrons. The molecule has 0 aliphatic rings. The van der Waals surface area contributed by atoms with Gasteiger partial charge in [0.15, 0.2) is 0 Å². The Morgan fingerprint density at radius 2 is 2.25 bits per heavy atom. The van der Waals surface area contributed by atoms with Crippen LogP contribution >= 0.6 is 11.6 Å². The monoisotopic (exact) mass is 242 g/mol. The summed E-state index contributed by atoms with van der Waals surface area (Å²) >= 11 is 6.05. The van der Waals surface area contributed by atoms with E-state index in [4.69, 9.17) is 16.3 Å². The molecule has 90 valence electrons. The summed E-state index contributed by atoms with van der Waals surface area (Å²) in [7, 11) is 0. The maximum atomic E-state index is 6.05. The maximum absolute atomic E-state index is 6.05. The third kappa shape index (κ3) is 4.37. The van der Waals surface area contributed by atoms with Gasteiger partial charge in [0.1, 0.15) is 0 Å². The Bertz CT molecular complexity index is 329. The van der Waals surface area contributed by atoms with Gasteiger partial charge in [0.05, 0.1) is 11.1 Å². The number of halogens is 1. The molecule has 1 rings (SSSR count). The molecule has 0 saturated heterocycles. The second kappa shape index (κ2) is 6.71. The minimum Gasteiger partial charge on any atom is -0.475 e. The topological polar surface area (TPSA) is 34.1 Å². The number of ether oxygens (including phenoxy) is 1. The van der Waals surface area contributed by atoms with E-state index in [9.17, 15) is 0 Å². The van der Waals surface area contributed by atoms with Crippen LogP contribution in [0.2, 0.25) is 5.02 Å². The van der Waals surface area contributed by atoms with E-state index in [1.807, 2.05) is 19.9 Å². The fraction of sp³-hybridized carbons (Fsp3) is 0.583. The number of hydrogen-bond donors (Lipinski definition) is 1. The number of rotatable bonds is 6. The van der Waals surface area contributed by atoms with E-state index < -0.39 is 0 Å². The van der Waals surface area contributed by atoms with Gasteiger partial charge in [-0.3, -0.25) is 0 Å². The van der Waals surface area contributed by atoms with Crippen LogP contribution in [0.3, 0.4) is 0 Å². The standard InChI is InChI=1S/C12H19ClN2O/c1-4-5-14-7-10-6-12(16-9(2)3)15-8-11(10)13/h6,8-9,14H,4-5,7H2,1-3H3. The molecule has 16 heavy (non-hydrogen) atoms. The van der Waals surface area contributed by atoms with Crippen LogP contribution in [0.5, 0.6) is 5.88 Å². The van der Waals surface area contributed by atoms with E-state index in [1.54, 1.807) is 6.20 Å². The average molecular weight is 243 g/mol. The highest BCUT2D eigenvalue weighted by atomic mass is 35.5. The summed E-state index contributed by atoms with van der Waals surface area (Å²) in [6, 6.07) is 1.89. The van der Waals surface area contributed by atoms with Crippen molar-refractivity contribution in [2.24, 2.45) is 0 Å². The van der Waals surface area contributed by atoms with Gasteiger partial charge in [-0.1, -0.05) is 18.5 Å². The van der Waals surface area contributed by atoms with E-state index in [0.29, 0.717) is 10.9 Å². The van der Waals surface area contributed by atoms with E-state index in [-0.39, 0.29) is 6.10 Å². The average Bonchev–Trinajstić information content (AvgIpc) is 2.22. The number of pyridine rings is 1. The molecular weight excluding hydrogens is 224 g/mol. The first-order valence-electron chi connectivity index (χ1n) is 5.65. The summed E-state index contributed by atoms with van der Waals surface area (Å²) in [6.07, 6.45) is 2.88. The third-order valence-electron chi connectivity index (χ3n) is 2.01. The van der Waals surface area contributed by atoms with Gasteiger partial charge >= 0.3 is 0 Å². The number of aromatic nitrogens is 1. The zero-order valence-corrected chi connectivity index (χ0v) is 10.8. The van der Waals surface area contributed by atoms with Crippen molar-refractivity contribution >= 4 is 11.6 Å². The van der Waals surface area contributed by atoms with E-state index in [0.717, 1.165) is 25.1 Å². The first-order valence-corrected chi connectivity index (χ1v) is 6.03. The Kier molecular flexibility index (Phi) is 5.56. The Morgan fingerprint density at radius 3 is 2.88 bits per heavy atom. The van der Waals surface area contributed by atoms with Crippen molar-refractivity contribution in [3.63, 3.8) is 0 Å². The molecule has 0 spiro atoms. The molecule has 0 atom stereocenters. The molecule has 0 aromatic carbocycles. The molecule has 1 heterocycles. The molecular formula is C12H19ClN2O. The zero-order valence-electron chi connectivity index (χ0n) is 10.1. The molecule has 4 heteroatoms. The molecule has 0 bridgehead atoms. The lowest BCUT2D eigenvalue weighted by Crippen LogP contribution is -2.14. The number of nitrogens with one attached hydrogen (secondary N) is 1. The third-order valence-corrected chi connectivity index (χ3v) is 2.35. The Balaban J connectivity index is 2.66. The first-order chi connectivity index (χ1) is 7.63. The minimum absolute atomic E-state index is 0.130. The van der Waals surface area contributed by atoms with Crippen LogP contribution in [0.25, 0.3) is 0 Å². The van der Waals surface area contributed by atoms with Gasteiger partial charge in [0.25, 0.3) is 0 Å². The largest absolute Gasteiger partial charge is 0.475 e. The number of nitrogens with zero attached hydrogens (tertiary/aromatic N) is 1. The molecule has 0 aliphatic heterocycles. The summed E-state index contributed by atoms with van der Waals surface area (Å²) in [4.78, 5) is 4.13. The summed E-state index contributed by atoms with van der Waals surface area (Å²) in [5.74, 6) is 0.632. The smallest absolute Gasteiger partial charge is 0.213 e. The van der Waals surface area contributed by atoms with E-state index >= 15 is 0 Å². The Labute approximate surface area is 102 Å². The summed E-state index contributed by atoms with van der Waals surface area (Å²) in [5.41, 5.74) is 1.03. The first kappa shape index (κ1) is 13.3. The lowest BCUT2D eigenvalue weighted by Gasteiger charge is -2.11. The van der Waals surface area contributed by atoms with Crippen LogP contribution in [-0.4, -0.2) is 17.6 Å². The van der Waals surface area contributed by atoms with Crippen LogP contribution in [0, 0.1) is 0 Å². The summed E-state index contributed by atoms with van der Waals surface area (Å²) in [5, 5.41) is 3.99. The normalized spacial score (nSPS) is 10.8. The SMILES string of the molecule is CCCNCc1cc(OC(C)C)ncc1Cl. The zero-order chi connectivity index (χ0) is 12.0. The Hall–Kier alpha value is -0.800. The highest BCUT2D eigenvalue weighted by molar-refractivity contribution is 6.31. The quantitative estimate of drug-likeness (QED) is 0.779. The van der Waals surface area contributed by atoms with Crippen LogP contribution in [0.15, 0.2) is 12.3 Å². The second-order valence-electron chi connectivity index (χ2n) is 3.96. The highest BCUT2D eigenvalue weighted by Gasteiger charge is 2.05. The lowest BCUT2D eigenvalue weighted by molar-refractivity contribution is 0.232. The van der Waals surface area contributed by atoms with Gasteiger partial charge in [-0.15, -0.1) is 0 Å². The van der Waals surface area contributed by atoms with Crippen molar-refractivity contribution in [3.05, 3.63) is 22.8 Å². The van der Waals surface area contributed by atoms with Crippen molar-refractivity contribution in [2.45, 2.75) is 39.8 Å². The van der Waals surface area contributed by atoms with Crippen LogP contribution < -0.4 is 10.1 Å². The molecule has 3 nitrogen and oxygen atoms in total. The van der Waals surface area contributed by atoms with Gasteiger partial charge < -0.3 is 10.1 Å². The van der Waals surface area contributed by atoms with Gasteiger partial charge in [0.2, 0.25) is 5.88 Å². The predicted octanol–water partition coefficient (Wildman–Crippen LogP) is 3.02. The van der Waals surface area contributed by atoms with Crippen molar-refractivity contribution in [1.29, 1.82) is 0 Å². The Morgan fingerprint density at radius 1 is 1.50 bits per heavy atom. The van der Waals surface area contributed by atoms with Crippen LogP contribution in [0.4, 0.5) is 0 Å². The van der Waals surface area contributed by atoms with Crippen molar-refractivity contribution in [2.75, 3.05) is 6.54 Å². The van der Waals surface area contributed by atoms with Gasteiger partial charge in [-0.2, -0.15) is 0 Å². The second-order valence-corrected chi connectivity index (χ2v) is 4.36. The predicted molar refractivity (Wildman–Crippen MR) is 67.0 cm³/mol. The molecule has 0 aliphatic carbocycles. The van der Waals surface area contributed by atoms with Crippen molar-refractivity contribution in [1.82, 2.24) is 10.3 Å². The molecule has 0 unspecified atom stereocenters. The van der Waals surface area contributed by atoms with Gasteiger partial charge in [-0.25, -0.2) is 4.98 Å². The maximum Gasteiger partial charge on any atom is 0.213 e. The van der Waals surface area contributed by atoms with Crippen LogP contribution in [0.1, 0.15) is 32.8 Å².